The summed E-state index contributed by atoms with van der Waals surface area (Å²) in [5.41, 5.74) is 8.68. The van der Waals surface area contributed by atoms with Crippen LogP contribution in [0.25, 0.3) is 0 Å². The lowest BCUT2D eigenvalue weighted by Crippen LogP contribution is -2.27. The fourth-order valence-corrected chi connectivity index (χ4v) is 3.07. The Kier molecular flexibility index (Phi) is 6.79. The summed E-state index contributed by atoms with van der Waals surface area (Å²) in [6.45, 7) is 3.93. The highest BCUT2D eigenvalue weighted by Gasteiger charge is 2.15. The van der Waals surface area contributed by atoms with Gasteiger partial charge in [0.25, 0.3) is 0 Å². The molecule has 8 nitrogen and oxygen atoms in total. The van der Waals surface area contributed by atoms with Gasteiger partial charge in [-0.05, 0) is 32.0 Å². The van der Waals surface area contributed by atoms with E-state index in [1.165, 1.54) is 0 Å². The van der Waals surface area contributed by atoms with Crippen LogP contribution in [-0.2, 0) is 11.2 Å². The topological polar surface area (TPSA) is 115 Å². The lowest BCUT2D eigenvalue weighted by molar-refractivity contribution is -0.121. The van der Waals surface area contributed by atoms with Crippen molar-refractivity contribution in [2.45, 2.75) is 32.7 Å². The molecule has 0 saturated heterocycles. The van der Waals surface area contributed by atoms with Crippen LogP contribution in [0.15, 0.2) is 48.5 Å². The number of aromatic nitrogens is 3. The van der Waals surface area contributed by atoms with E-state index in [4.69, 9.17) is 10.5 Å². The molecule has 0 aliphatic carbocycles. The Labute approximate surface area is 175 Å². The first-order valence-electron chi connectivity index (χ1n) is 9.71. The molecule has 0 aliphatic heterocycles. The number of rotatable bonds is 8. The summed E-state index contributed by atoms with van der Waals surface area (Å²) in [7, 11) is 1.62. The Bertz CT molecular complexity index is 1010. The first kappa shape index (κ1) is 21.0. The molecule has 8 heteroatoms. The monoisotopic (exact) mass is 406 g/mol. The van der Waals surface area contributed by atoms with Crippen molar-refractivity contribution < 1.29 is 9.53 Å². The number of ether oxygens (including phenoxy) is 1. The molecule has 1 aromatic heterocycles. The number of methoxy groups -OCH3 is 1. The van der Waals surface area contributed by atoms with E-state index in [1.54, 1.807) is 7.11 Å². The number of benzene rings is 2. The van der Waals surface area contributed by atoms with Crippen molar-refractivity contribution >= 4 is 23.5 Å². The molecule has 0 spiro atoms. The molecule has 0 aliphatic rings. The molecular formula is C22H26N6O2. The van der Waals surface area contributed by atoms with Gasteiger partial charge in [0.2, 0.25) is 17.8 Å². The van der Waals surface area contributed by atoms with Crippen molar-refractivity contribution in [2.75, 3.05) is 18.2 Å². The van der Waals surface area contributed by atoms with Crippen LogP contribution in [0.1, 0.15) is 36.3 Å². The van der Waals surface area contributed by atoms with Crippen LogP contribution in [0.3, 0.4) is 0 Å². The molecule has 0 radical (unpaired) electrons. The van der Waals surface area contributed by atoms with Crippen molar-refractivity contribution in [3.8, 4) is 5.75 Å². The Morgan fingerprint density at radius 1 is 1.13 bits per heavy atom. The number of hydrogen-bond acceptors (Lipinski definition) is 7. The van der Waals surface area contributed by atoms with E-state index in [2.05, 4.69) is 25.6 Å². The zero-order valence-corrected chi connectivity index (χ0v) is 17.3. The molecule has 30 heavy (non-hydrogen) atoms. The zero-order chi connectivity index (χ0) is 21.5. The highest BCUT2D eigenvalue weighted by Crippen LogP contribution is 2.26. The molecule has 1 amide bonds. The third-order valence-corrected chi connectivity index (χ3v) is 4.53. The van der Waals surface area contributed by atoms with Crippen LogP contribution in [-0.4, -0.2) is 28.0 Å². The van der Waals surface area contributed by atoms with Gasteiger partial charge in [-0.2, -0.15) is 15.0 Å². The number of hydrogen-bond donors (Lipinski definition) is 3. The van der Waals surface area contributed by atoms with Crippen LogP contribution in [0.2, 0.25) is 0 Å². The lowest BCUT2D eigenvalue weighted by atomic mass is 10.0. The van der Waals surface area contributed by atoms with Crippen molar-refractivity contribution in [2.24, 2.45) is 0 Å². The molecule has 4 N–H and O–H groups in total. The Hall–Kier alpha value is -3.68. The molecule has 0 saturated carbocycles. The average molecular weight is 406 g/mol. The number of carbonyl (C=O) groups excluding carboxylic acids is 1. The van der Waals surface area contributed by atoms with Gasteiger partial charge < -0.3 is 21.1 Å². The number of anilines is 3. The minimum Gasteiger partial charge on any atom is -0.496 e. The van der Waals surface area contributed by atoms with Crippen molar-refractivity contribution in [3.63, 3.8) is 0 Å². The van der Waals surface area contributed by atoms with Gasteiger partial charge in [-0.3, -0.25) is 4.79 Å². The fraction of sp³-hybridized carbons (Fsp3) is 0.273. The molecule has 2 aromatic carbocycles. The fourth-order valence-electron chi connectivity index (χ4n) is 3.07. The molecule has 156 valence electrons. The van der Waals surface area contributed by atoms with E-state index in [9.17, 15) is 4.79 Å². The molecule has 1 atom stereocenters. The second kappa shape index (κ2) is 9.69. The summed E-state index contributed by atoms with van der Waals surface area (Å²) in [5, 5.41) is 6.09. The third kappa shape index (κ3) is 5.66. The summed E-state index contributed by atoms with van der Waals surface area (Å²) in [6.07, 6.45) is 0.576. The first-order chi connectivity index (χ1) is 14.4. The molecule has 3 aromatic rings. The SMILES string of the molecule is COc1ccc(C)cc1[C@@H](C)NC(=O)CCc1nc(N)nc(Nc2ccccc2)n1. The number of carbonyl (C=O) groups is 1. The molecular weight excluding hydrogens is 380 g/mol. The minimum atomic E-state index is -0.189. The van der Waals surface area contributed by atoms with Crippen LogP contribution < -0.4 is 21.1 Å². The van der Waals surface area contributed by atoms with Gasteiger partial charge in [-0.25, -0.2) is 0 Å². The maximum absolute atomic E-state index is 12.5. The molecule has 3 rings (SSSR count). The Balaban J connectivity index is 1.61. The molecule has 0 fully saturated rings. The standard InChI is InChI=1S/C22H26N6O2/c1-14-9-10-18(30-3)17(13-14)15(2)24-20(29)12-11-19-26-21(23)28-22(27-19)25-16-7-5-4-6-8-16/h4-10,13,15H,11-12H2,1-3H3,(H,24,29)(H3,23,25,26,27,28)/t15-/m1/s1. The normalized spacial score (nSPS) is 11.6. The summed E-state index contributed by atoms with van der Waals surface area (Å²) >= 11 is 0. The highest BCUT2D eigenvalue weighted by atomic mass is 16.5. The maximum Gasteiger partial charge on any atom is 0.232 e. The van der Waals surface area contributed by atoms with E-state index in [1.807, 2.05) is 62.4 Å². The molecule has 1 heterocycles. The summed E-state index contributed by atoms with van der Waals surface area (Å²) in [4.78, 5) is 25.1. The molecule has 0 bridgehead atoms. The zero-order valence-electron chi connectivity index (χ0n) is 17.3. The highest BCUT2D eigenvalue weighted by molar-refractivity contribution is 5.76. The van der Waals surface area contributed by atoms with Gasteiger partial charge in [0, 0.05) is 24.1 Å². The predicted molar refractivity (Wildman–Crippen MR) is 117 cm³/mol. The second-order valence-electron chi connectivity index (χ2n) is 6.96. The Morgan fingerprint density at radius 2 is 1.90 bits per heavy atom. The van der Waals surface area contributed by atoms with Gasteiger partial charge in [0.05, 0.1) is 13.2 Å². The van der Waals surface area contributed by atoms with Crippen LogP contribution in [0, 0.1) is 6.92 Å². The van der Waals surface area contributed by atoms with Crippen molar-refractivity contribution in [3.05, 3.63) is 65.5 Å². The van der Waals surface area contributed by atoms with Gasteiger partial charge in [0.15, 0.2) is 0 Å². The summed E-state index contributed by atoms with van der Waals surface area (Å²) < 4.78 is 5.41. The minimum absolute atomic E-state index is 0.108. The van der Waals surface area contributed by atoms with Gasteiger partial charge in [-0.15, -0.1) is 0 Å². The van der Waals surface area contributed by atoms with Gasteiger partial charge in [0.1, 0.15) is 11.6 Å². The maximum atomic E-state index is 12.5. The van der Waals surface area contributed by atoms with Gasteiger partial charge >= 0.3 is 0 Å². The quantitative estimate of drug-likeness (QED) is 0.525. The second-order valence-corrected chi connectivity index (χ2v) is 6.96. The average Bonchev–Trinajstić information content (AvgIpc) is 2.72. The third-order valence-electron chi connectivity index (χ3n) is 4.53. The van der Waals surface area contributed by atoms with E-state index < -0.39 is 0 Å². The van der Waals surface area contributed by atoms with Crippen molar-refractivity contribution in [1.82, 2.24) is 20.3 Å². The lowest BCUT2D eigenvalue weighted by Gasteiger charge is -2.18. The Morgan fingerprint density at radius 3 is 2.63 bits per heavy atom. The number of nitrogens with two attached hydrogens (primary N) is 1. The van der Waals surface area contributed by atoms with Crippen LogP contribution in [0.4, 0.5) is 17.6 Å². The van der Waals surface area contributed by atoms with Gasteiger partial charge in [-0.1, -0.05) is 35.9 Å². The number of aryl methyl sites for hydroxylation is 2. The number of nitrogens with zero attached hydrogens (tertiary/aromatic N) is 3. The van der Waals surface area contributed by atoms with Crippen LogP contribution in [0.5, 0.6) is 5.75 Å². The summed E-state index contributed by atoms with van der Waals surface area (Å²) in [5.74, 6) is 1.55. The first-order valence-corrected chi connectivity index (χ1v) is 9.71. The predicted octanol–water partition coefficient (Wildman–Crippen LogP) is 3.32. The number of amides is 1. The smallest absolute Gasteiger partial charge is 0.232 e. The van der Waals surface area contributed by atoms with Crippen molar-refractivity contribution in [1.29, 1.82) is 0 Å². The van der Waals surface area contributed by atoms with E-state index in [0.29, 0.717) is 18.2 Å². The number of para-hydroxylation sites is 1. The largest absolute Gasteiger partial charge is 0.496 e. The van der Waals surface area contributed by atoms with E-state index >= 15 is 0 Å². The summed E-state index contributed by atoms with van der Waals surface area (Å²) in [6, 6.07) is 15.2. The van der Waals surface area contributed by atoms with E-state index in [0.717, 1.165) is 22.6 Å². The van der Waals surface area contributed by atoms with E-state index in [-0.39, 0.29) is 24.3 Å². The number of nitrogen functional groups attached to an aromatic ring is 1. The molecule has 0 unspecified atom stereocenters. The number of nitrogens with one attached hydrogen (secondary N) is 2. The van der Waals surface area contributed by atoms with Crippen LogP contribution >= 0.6 is 0 Å².